The van der Waals surface area contributed by atoms with Crippen LogP contribution in [-0.2, 0) is 0 Å². The van der Waals surface area contributed by atoms with Gasteiger partial charge in [0, 0.05) is 24.8 Å². The Morgan fingerprint density at radius 1 is 1.37 bits per heavy atom. The van der Waals surface area contributed by atoms with E-state index in [0.29, 0.717) is 6.04 Å². The van der Waals surface area contributed by atoms with Gasteiger partial charge >= 0.3 is 6.03 Å². The fraction of sp³-hybridized carbons (Fsp3) is 0.533. The lowest BCUT2D eigenvalue weighted by Crippen LogP contribution is -2.32. The first-order chi connectivity index (χ1) is 9.20. The fourth-order valence-electron chi connectivity index (χ4n) is 2.43. The Hall–Kier alpha value is -1.55. The van der Waals surface area contributed by atoms with Crippen molar-refractivity contribution in [1.29, 1.82) is 0 Å². The van der Waals surface area contributed by atoms with Crippen LogP contribution in [0.3, 0.4) is 0 Å². The van der Waals surface area contributed by atoms with Crippen LogP contribution < -0.4 is 10.6 Å². The highest BCUT2D eigenvalue weighted by Gasteiger charge is 2.17. The van der Waals surface area contributed by atoms with Gasteiger partial charge in [0.2, 0.25) is 0 Å². The van der Waals surface area contributed by atoms with Crippen molar-refractivity contribution in [2.24, 2.45) is 0 Å². The maximum Gasteiger partial charge on any atom is 0.321 e. The van der Waals surface area contributed by atoms with Crippen LogP contribution in [-0.4, -0.2) is 30.6 Å². The van der Waals surface area contributed by atoms with Gasteiger partial charge in [0.05, 0.1) is 0 Å². The summed E-state index contributed by atoms with van der Waals surface area (Å²) in [4.78, 5) is 13.9. The molecule has 4 heteroatoms. The molecule has 2 amide bonds. The third-order valence-electron chi connectivity index (χ3n) is 3.54. The van der Waals surface area contributed by atoms with Gasteiger partial charge in [0.15, 0.2) is 0 Å². The van der Waals surface area contributed by atoms with Gasteiger partial charge in [-0.25, -0.2) is 4.79 Å². The molecule has 0 spiro atoms. The van der Waals surface area contributed by atoms with E-state index < -0.39 is 0 Å². The number of amides is 2. The first-order valence-electron chi connectivity index (χ1n) is 7.10. The summed E-state index contributed by atoms with van der Waals surface area (Å²) in [5.74, 6) is 0. The molecule has 1 aliphatic heterocycles. The molecule has 1 aromatic carbocycles. The van der Waals surface area contributed by atoms with E-state index in [9.17, 15) is 4.79 Å². The highest BCUT2D eigenvalue weighted by atomic mass is 16.2. The Kier molecular flexibility index (Phi) is 4.80. The Bertz CT molecular complexity index is 427. The van der Waals surface area contributed by atoms with Gasteiger partial charge in [0.1, 0.15) is 0 Å². The number of nitrogens with one attached hydrogen (secondary N) is 2. The molecule has 0 bridgehead atoms. The van der Waals surface area contributed by atoms with Crippen LogP contribution in [0, 0.1) is 0 Å². The average Bonchev–Trinajstić information content (AvgIpc) is 2.93. The number of benzene rings is 1. The van der Waals surface area contributed by atoms with Crippen molar-refractivity contribution in [1.82, 2.24) is 10.2 Å². The Morgan fingerprint density at radius 3 is 2.79 bits per heavy atom. The molecule has 1 aliphatic rings. The summed E-state index contributed by atoms with van der Waals surface area (Å²) in [6.45, 7) is 6.91. The lowest BCUT2D eigenvalue weighted by atomic mass is 10.1. The second-order valence-electron chi connectivity index (χ2n) is 5.03. The molecule has 19 heavy (non-hydrogen) atoms. The number of carbonyl (C=O) groups excluding carboxylic acids is 1. The van der Waals surface area contributed by atoms with E-state index in [1.165, 1.54) is 5.56 Å². The number of rotatable bonds is 4. The summed E-state index contributed by atoms with van der Waals surface area (Å²) < 4.78 is 0. The summed E-state index contributed by atoms with van der Waals surface area (Å²) in [6, 6.07) is 8.37. The third-order valence-corrected chi connectivity index (χ3v) is 3.54. The summed E-state index contributed by atoms with van der Waals surface area (Å²) in [5, 5.41) is 6.35. The molecule has 2 N–H and O–H groups in total. The molecule has 1 fully saturated rings. The van der Waals surface area contributed by atoms with Crippen molar-refractivity contribution in [2.75, 3.05) is 25.0 Å². The van der Waals surface area contributed by atoms with Crippen molar-refractivity contribution in [2.45, 2.75) is 32.7 Å². The van der Waals surface area contributed by atoms with E-state index in [1.807, 2.05) is 23.1 Å². The Balaban J connectivity index is 2.00. The van der Waals surface area contributed by atoms with Gasteiger partial charge in [-0.05, 0) is 44.0 Å². The summed E-state index contributed by atoms with van der Waals surface area (Å²) in [6.07, 6.45) is 2.23. The number of hydrogen-bond acceptors (Lipinski definition) is 2. The predicted octanol–water partition coefficient (Wildman–Crippen LogP) is 2.98. The molecule has 0 radical (unpaired) electrons. The van der Waals surface area contributed by atoms with Crippen molar-refractivity contribution in [3.8, 4) is 0 Å². The van der Waals surface area contributed by atoms with E-state index >= 15 is 0 Å². The van der Waals surface area contributed by atoms with Gasteiger partial charge in [0.25, 0.3) is 0 Å². The number of carbonyl (C=O) groups is 1. The number of anilines is 1. The second-order valence-corrected chi connectivity index (χ2v) is 5.03. The minimum Gasteiger partial charge on any atom is -0.325 e. The van der Waals surface area contributed by atoms with Gasteiger partial charge < -0.3 is 15.5 Å². The molecule has 1 heterocycles. The molecule has 1 unspecified atom stereocenters. The van der Waals surface area contributed by atoms with E-state index in [-0.39, 0.29) is 6.03 Å². The van der Waals surface area contributed by atoms with E-state index in [0.717, 1.165) is 38.2 Å². The van der Waals surface area contributed by atoms with Crippen molar-refractivity contribution >= 4 is 11.7 Å². The maximum atomic E-state index is 12.0. The van der Waals surface area contributed by atoms with Crippen molar-refractivity contribution in [3.05, 3.63) is 29.8 Å². The number of hydrogen-bond donors (Lipinski definition) is 2. The van der Waals surface area contributed by atoms with Crippen LogP contribution in [0.4, 0.5) is 10.5 Å². The molecule has 4 nitrogen and oxygen atoms in total. The Morgan fingerprint density at radius 2 is 2.11 bits per heavy atom. The van der Waals surface area contributed by atoms with Gasteiger partial charge in [-0.1, -0.05) is 19.1 Å². The smallest absolute Gasteiger partial charge is 0.321 e. The third kappa shape index (κ3) is 3.70. The van der Waals surface area contributed by atoms with Crippen LogP contribution in [0.5, 0.6) is 0 Å². The molecule has 0 aromatic heterocycles. The molecule has 0 saturated carbocycles. The zero-order chi connectivity index (χ0) is 13.7. The average molecular weight is 261 g/mol. The normalized spacial score (nSPS) is 16.4. The van der Waals surface area contributed by atoms with Crippen molar-refractivity contribution in [3.63, 3.8) is 0 Å². The van der Waals surface area contributed by atoms with Gasteiger partial charge in [-0.15, -0.1) is 0 Å². The topological polar surface area (TPSA) is 44.4 Å². The summed E-state index contributed by atoms with van der Waals surface area (Å²) in [7, 11) is 0. The van der Waals surface area contributed by atoms with Crippen LogP contribution in [0.25, 0.3) is 0 Å². The number of urea groups is 1. The first-order valence-corrected chi connectivity index (χ1v) is 7.10. The standard InChI is InChI=1S/C15H23N3O/c1-3-16-12(2)13-7-6-8-14(11-13)17-15(19)18-9-4-5-10-18/h6-8,11-12,16H,3-5,9-10H2,1-2H3,(H,17,19). The minimum absolute atomic E-state index is 0.0192. The molecule has 1 saturated heterocycles. The first kappa shape index (κ1) is 13.9. The SMILES string of the molecule is CCNC(C)c1cccc(NC(=O)N2CCCC2)c1. The molecule has 1 aromatic rings. The molecular formula is C15H23N3O. The highest BCUT2D eigenvalue weighted by Crippen LogP contribution is 2.18. The van der Waals surface area contributed by atoms with Crippen molar-refractivity contribution < 1.29 is 4.79 Å². The Labute approximate surface area is 115 Å². The van der Waals surface area contributed by atoms with Crippen LogP contribution in [0.1, 0.15) is 38.3 Å². The van der Waals surface area contributed by atoms with Gasteiger partial charge in [-0.2, -0.15) is 0 Å². The molecule has 2 rings (SSSR count). The summed E-state index contributed by atoms with van der Waals surface area (Å²) >= 11 is 0. The number of likely N-dealkylation sites (tertiary alicyclic amines) is 1. The largest absolute Gasteiger partial charge is 0.325 e. The minimum atomic E-state index is 0.0192. The van der Waals surface area contributed by atoms with Crippen LogP contribution >= 0.6 is 0 Å². The van der Waals surface area contributed by atoms with Crippen LogP contribution in [0.2, 0.25) is 0 Å². The van der Waals surface area contributed by atoms with Crippen LogP contribution in [0.15, 0.2) is 24.3 Å². The highest BCUT2D eigenvalue weighted by molar-refractivity contribution is 5.89. The molecule has 104 valence electrons. The predicted molar refractivity (Wildman–Crippen MR) is 78.4 cm³/mol. The van der Waals surface area contributed by atoms with Gasteiger partial charge in [-0.3, -0.25) is 0 Å². The molecular weight excluding hydrogens is 238 g/mol. The zero-order valence-corrected chi connectivity index (χ0v) is 11.8. The second kappa shape index (κ2) is 6.57. The lowest BCUT2D eigenvalue weighted by molar-refractivity contribution is 0.222. The fourth-order valence-corrected chi connectivity index (χ4v) is 2.43. The van der Waals surface area contributed by atoms with E-state index in [4.69, 9.17) is 0 Å². The maximum absolute atomic E-state index is 12.0. The molecule has 1 atom stereocenters. The number of nitrogens with zero attached hydrogens (tertiary/aromatic N) is 1. The molecule has 0 aliphatic carbocycles. The van der Waals surface area contributed by atoms with E-state index in [1.54, 1.807) is 0 Å². The van der Waals surface area contributed by atoms with E-state index in [2.05, 4.69) is 30.5 Å². The zero-order valence-electron chi connectivity index (χ0n) is 11.8. The summed E-state index contributed by atoms with van der Waals surface area (Å²) in [5.41, 5.74) is 2.07. The lowest BCUT2D eigenvalue weighted by Gasteiger charge is -2.18. The monoisotopic (exact) mass is 261 g/mol. The quantitative estimate of drug-likeness (QED) is 0.875.